The minimum atomic E-state index is -3.63. The van der Waals surface area contributed by atoms with Crippen molar-refractivity contribution in [2.45, 2.75) is 5.03 Å². The fraction of sp³-hybridized carbons (Fsp3) is 0.154. The summed E-state index contributed by atoms with van der Waals surface area (Å²) in [6, 6.07) is 5.96. The van der Waals surface area contributed by atoms with E-state index in [1.165, 1.54) is 24.7 Å². The van der Waals surface area contributed by atoms with Crippen LogP contribution in [0, 0.1) is 17.7 Å². The standard InChI is InChI=1S/C13H12FN3O3S/c14-11-5-1-2-6-12(11)20-8-4-3-7-17-21(18,19)13-9-15-10-16-13/h1-2,5-6,9-10,17H,7-8H2,(H,15,16). The predicted molar refractivity (Wildman–Crippen MR) is 73.4 cm³/mol. The first kappa shape index (κ1) is 15.0. The Bertz CT molecular complexity index is 748. The Morgan fingerprint density at radius 3 is 2.86 bits per heavy atom. The van der Waals surface area contributed by atoms with E-state index in [4.69, 9.17) is 4.74 Å². The Balaban J connectivity index is 1.79. The Hall–Kier alpha value is -2.37. The van der Waals surface area contributed by atoms with E-state index < -0.39 is 15.8 Å². The van der Waals surface area contributed by atoms with Crippen LogP contribution in [0.5, 0.6) is 5.75 Å². The molecular weight excluding hydrogens is 297 g/mol. The lowest BCUT2D eigenvalue weighted by atomic mass is 10.3. The van der Waals surface area contributed by atoms with Gasteiger partial charge in [-0.25, -0.2) is 17.8 Å². The second-order valence-corrected chi connectivity index (χ2v) is 5.55. The van der Waals surface area contributed by atoms with Crippen LogP contribution >= 0.6 is 0 Å². The van der Waals surface area contributed by atoms with Gasteiger partial charge in [0.05, 0.1) is 19.1 Å². The van der Waals surface area contributed by atoms with Gasteiger partial charge in [-0.1, -0.05) is 24.0 Å². The molecule has 0 radical (unpaired) electrons. The first-order valence-electron chi connectivity index (χ1n) is 5.91. The van der Waals surface area contributed by atoms with Crippen LogP contribution in [-0.2, 0) is 10.0 Å². The lowest BCUT2D eigenvalue weighted by Crippen LogP contribution is -2.24. The van der Waals surface area contributed by atoms with Gasteiger partial charge in [0, 0.05) is 0 Å². The van der Waals surface area contributed by atoms with Gasteiger partial charge in [0.15, 0.2) is 16.6 Å². The number of aromatic amines is 1. The highest BCUT2D eigenvalue weighted by Crippen LogP contribution is 2.14. The number of imidazole rings is 1. The van der Waals surface area contributed by atoms with Gasteiger partial charge in [-0.05, 0) is 12.1 Å². The molecule has 0 aliphatic heterocycles. The highest BCUT2D eigenvalue weighted by Gasteiger charge is 2.13. The average Bonchev–Trinajstić information content (AvgIpc) is 2.99. The Kier molecular flexibility index (Phi) is 4.92. The number of H-pyrrole nitrogens is 1. The summed E-state index contributed by atoms with van der Waals surface area (Å²) in [7, 11) is -3.63. The second kappa shape index (κ2) is 6.88. The quantitative estimate of drug-likeness (QED) is 0.804. The van der Waals surface area contributed by atoms with Crippen LogP contribution in [0.25, 0.3) is 0 Å². The van der Waals surface area contributed by atoms with Crippen LogP contribution in [0.1, 0.15) is 0 Å². The summed E-state index contributed by atoms with van der Waals surface area (Å²) in [4.78, 5) is 6.10. The van der Waals surface area contributed by atoms with Crippen LogP contribution in [0.2, 0.25) is 0 Å². The van der Waals surface area contributed by atoms with E-state index in [0.29, 0.717) is 0 Å². The van der Waals surface area contributed by atoms with Crippen molar-refractivity contribution in [2.24, 2.45) is 0 Å². The topological polar surface area (TPSA) is 84.1 Å². The number of halogens is 1. The fourth-order valence-corrected chi connectivity index (χ4v) is 2.21. The molecule has 0 saturated heterocycles. The lowest BCUT2D eigenvalue weighted by molar-refractivity contribution is 0.348. The summed E-state index contributed by atoms with van der Waals surface area (Å²) >= 11 is 0. The third-order valence-corrected chi connectivity index (χ3v) is 3.70. The maximum absolute atomic E-state index is 13.2. The van der Waals surface area contributed by atoms with Crippen molar-refractivity contribution >= 4 is 10.0 Å². The van der Waals surface area contributed by atoms with Gasteiger partial charge < -0.3 is 9.72 Å². The third-order valence-electron chi connectivity index (χ3n) is 2.37. The molecule has 0 bridgehead atoms. The lowest BCUT2D eigenvalue weighted by Gasteiger charge is -2.02. The Morgan fingerprint density at radius 2 is 2.14 bits per heavy atom. The van der Waals surface area contributed by atoms with Gasteiger partial charge in [-0.2, -0.15) is 4.72 Å². The van der Waals surface area contributed by atoms with Gasteiger partial charge in [-0.15, -0.1) is 0 Å². The van der Waals surface area contributed by atoms with Gasteiger partial charge >= 0.3 is 0 Å². The fourth-order valence-electron chi connectivity index (χ4n) is 1.39. The molecule has 8 heteroatoms. The summed E-state index contributed by atoms with van der Waals surface area (Å²) in [5.74, 6) is 4.79. The molecule has 6 nitrogen and oxygen atoms in total. The van der Waals surface area contributed by atoms with Crippen LogP contribution in [0.4, 0.5) is 4.39 Å². The molecule has 0 aliphatic rings. The minimum absolute atomic E-state index is 0.0350. The highest BCUT2D eigenvalue weighted by molar-refractivity contribution is 7.89. The number of hydrogen-bond acceptors (Lipinski definition) is 4. The van der Waals surface area contributed by atoms with Crippen molar-refractivity contribution in [3.8, 4) is 17.6 Å². The molecule has 2 aromatic rings. The Labute approximate surface area is 121 Å². The van der Waals surface area contributed by atoms with Gasteiger partial charge in [0.1, 0.15) is 6.61 Å². The molecule has 21 heavy (non-hydrogen) atoms. The zero-order chi connectivity index (χ0) is 15.1. The van der Waals surface area contributed by atoms with E-state index in [-0.39, 0.29) is 23.9 Å². The molecular formula is C13H12FN3O3S. The zero-order valence-corrected chi connectivity index (χ0v) is 11.7. The Morgan fingerprint density at radius 1 is 1.33 bits per heavy atom. The first-order chi connectivity index (χ1) is 10.1. The normalized spacial score (nSPS) is 10.7. The molecule has 1 aromatic heterocycles. The smallest absolute Gasteiger partial charge is 0.258 e. The van der Waals surface area contributed by atoms with Crippen molar-refractivity contribution in [2.75, 3.05) is 13.2 Å². The van der Waals surface area contributed by atoms with E-state index in [0.717, 1.165) is 0 Å². The molecule has 1 aromatic carbocycles. The molecule has 2 N–H and O–H groups in total. The zero-order valence-electron chi connectivity index (χ0n) is 10.8. The largest absolute Gasteiger partial charge is 0.478 e. The van der Waals surface area contributed by atoms with E-state index in [1.54, 1.807) is 12.1 Å². The van der Waals surface area contributed by atoms with Crippen LogP contribution in [-0.4, -0.2) is 31.5 Å². The van der Waals surface area contributed by atoms with Crippen molar-refractivity contribution in [3.05, 3.63) is 42.6 Å². The molecule has 1 heterocycles. The molecule has 0 fully saturated rings. The number of aromatic nitrogens is 2. The number of nitrogens with zero attached hydrogens (tertiary/aromatic N) is 1. The third kappa shape index (κ3) is 4.30. The van der Waals surface area contributed by atoms with Gasteiger partial charge in [0.25, 0.3) is 10.0 Å². The minimum Gasteiger partial charge on any atom is -0.478 e. The number of hydrogen-bond donors (Lipinski definition) is 2. The molecule has 0 amide bonds. The molecule has 0 unspecified atom stereocenters. The maximum Gasteiger partial charge on any atom is 0.258 e. The van der Waals surface area contributed by atoms with Crippen molar-refractivity contribution in [1.29, 1.82) is 0 Å². The summed E-state index contributed by atoms with van der Waals surface area (Å²) in [5, 5.41) is -0.0353. The SMILES string of the molecule is O=S(=O)(NCC#CCOc1ccccc1F)c1cnc[nH]1. The highest BCUT2D eigenvalue weighted by atomic mass is 32.2. The van der Waals surface area contributed by atoms with Gasteiger partial charge in [0.2, 0.25) is 0 Å². The number of nitrogens with one attached hydrogen (secondary N) is 2. The summed E-state index contributed by atoms with van der Waals surface area (Å²) in [6.07, 6.45) is 2.46. The number of ether oxygens (including phenoxy) is 1. The maximum atomic E-state index is 13.2. The molecule has 0 atom stereocenters. The van der Waals surface area contributed by atoms with E-state index in [1.807, 2.05) is 0 Å². The average molecular weight is 309 g/mol. The first-order valence-corrected chi connectivity index (χ1v) is 7.39. The summed E-state index contributed by atoms with van der Waals surface area (Å²) in [6.45, 7) is -0.116. The number of para-hydroxylation sites is 1. The van der Waals surface area contributed by atoms with Crippen LogP contribution < -0.4 is 9.46 Å². The number of benzene rings is 1. The van der Waals surface area contributed by atoms with Gasteiger partial charge in [-0.3, -0.25) is 0 Å². The monoisotopic (exact) mass is 309 g/mol. The summed E-state index contributed by atoms with van der Waals surface area (Å²) < 4.78 is 43.9. The van der Waals surface area contributed by atoms with E-state index >= 15 is 0 Å². The van der Waals surface area contributed by atoms with Crippen LogP contribution in [0.15, 0.2) is 41.8 Å². The molecule has 0 spiro atoms. The summed E-state index contributed by atoms with van der Waals surface area (Å²) in [5.41, 5.74) is 0. The number of sulfonamides is 1. The molecule has 0 saturated carbocycles. The molecule has 110 valence electrons. The van der Waals surface area contributed by atoms with Crippen molar-refractivity contribution < 1.29 is 17.5 Å². The van der Waals surface area contributed by atoms with E-state index in [9.17, 15) is 12.8 Å². The predicted octanol–water partition coefficient (Wildman–Crippen LogP) is 0.909. The molecule has 0 aliphatic carbocycles. The second-order valence-electron chi connectivity index (χ2n) is 3.81. The number of rotatable bonds is 5. The van der Waals surface area contributed by atoms with Crippen molar-refractivity contribution in [3.63, 3.8) is 0 Å². The molecule has 2 rings (SSSR count). The van der Waals surface area contributed by atoms with Crippen LogP contribution in [0.3, 0.4) is 0 Å². The van der Waals surface area contributed by atoms with Crippen molar-refractivity contribution in [1.82, 2.24) is 14.7 Å². The van der Waals surface area contributed by atoms with E-state index in [2.05, 4.69) is 26.5 Å².